The zero-order valence-electron chi connectivity index (χ0n) is 15.1. The SMILES string of the molecule is Cc1oncc1CN(C)C1CN(c2ncnc(-c3ccc(F)cc3)c2F)C1. The highest BCUT2D eigenvalue weighted by atomic mass is 19.1. The first kappa shape index (κ1) is 17.5. The summed E-state index contributed by atoms with van der Waals surface area (Å²) in [6, 6.07) is 5.88. The Balaban J connectivity index is 1.45. The normalized spacial score (nSPS) is 14.6. The predicted octanol–water partition coefficient (Wildman–Crippen LogP) is 3.04. The van der Waals surface area contributed by atoms with E-state index < -0.39 is 5.82 Å². The Kier molecular flexibility index (Phi) is 4.57. The lowest BCUT2D eigenvalue weighted by Crippen LogP contribution is -2.58. The van der Waals surface area contributed by atoms with Crippen LogP contribution < -0.4 is 4.90 Å². The molecule has 4 rings (SSSR count). The van der Waals surface area contributed by atoms with Crippen LogP contribution in [0, 0.1) is 18.6 Å². The Bertz CT molecular complexity index is 938. The molecule has 1 aromatic carbocycles. The second kappa shape index (κ2) is 7.03. The Morgan fingerprint density at radius 1 is 1.19 bits per heavy atom. The van der Waals surface area contributed by atoms with Crippen molar-refractivity contribution in [2.24, 2.45) is 0 Å². The molecule has 140 valence electrons. The molecule has 1 aliphatic rings. The number of halogens is 2. The minimum Gasteiger partial charge on any atom is -0.361 e. The summed E-state index contributed by atoms with van der Waals surface area (Å²) >= 11 is 0. The van der Waals surface area contributed by atoms with Gasteiger partial charge < -0.3 is 9.42 Å². The summed E-state index contributed by atoms with van der Waals surface area (Å²) in [5.74, 6) is 0.226. The molecule has 8 heteroatoms. The maximum Gasteiger partial charge on any atom is 0.191 e. The fraction of sp³-hybridized carbons (Fsp3) is 0.316. The van der Waals surface area contributed by atoms with Gasteiger partial charge in [-0.2, -0.15) is 0 Å². The van der Waals surface area contributed by atoms with E-state index >= 15 is 0 Å². The smallest absolute Gasteiger partial charge is 0.191 e. The van der Waals surface area contributed by atoms with Crippen LogP contribution in [-0.4, -0.2) is 46.2 Å². The van der Waals surface area contributed by atoms with Gasteiger partial charge in [-0.25, -0.2) is 18.7 Å². The predicted molar refractivity (Wildman–Crippen MR) is 96.1 cm³/mol. The van der Waals surface area contributed by atoms with Crippen LogP contribution in [0.1, 0.15) is 11.3 Å². The fourth-order valence-electron chi connectivity index (χ4n) is 3.17. The van der Waals surface area contributed by atoms with Crippen LogP contribution >= 0.6 is 0 Å². The van der Waals surface area contributed by atoms with Crippen LogP contribution in [0.3, 0.4) is 0 Å². The summed E-state index contributed by atoms with van der Waals surface area (Å²) < 4.78 is 33.1. The zero-order valence-corrected chi connectivity index (χ0v) is 15.1. The van der Waals surface area contributed by atoms with Gasteiger partial charge in [-0.1, -0.05) is 5.16 Å². The third kappa shape index (κ3) is 3.40. The topological polar surface area (TPSA) is 58.3 Å². The van der Waals surface area contributed by atoms with Crippen molar-refractivity contribution in [3.05, 3.63) is 59.7 Å². The average Bonchev–Trinajstić information content (AvgIpc) is 3.01. The van der Waals surface area contributed by atoms with Gasteiger partial charge in [0, 0.05) is 36.8 Å². The quantitative estimate of drug-likeness (QED) is 0.687. The van der Waals surface area contributed by atoms with Gasteiger partial charge in [-0.3, -0.25) is 4.90 Å². The first-order chi connectivity index (χ1) is 13.0. The van der Waals surface area contributed by atoms with Crippen molar-refractivity contribution in [3.63, 3.8) is 0 Å². The fourth-order valence-corrected chi connectivity index (χ4v) is 3.17. The van der Waals surface area contributed by atoms with E-state index in [1.807, 2.05) is 18.9 Å². The molecular weight excluding hydrogens is 352 g/mol. The van der Waals surface area contributed by atoms with Crippen LogP contribution in [0.2, 0.25) is 0 Å². The van der Waals surface area contributed by atoms with Crippen LogP contribution in [-0.2, 0) is 6.54 Å². The second-order valence-electron chi connectivity index (χ2n) is 6.75. The number of aromatic nitrogens is 3. The lowest BCUT2D eigenvalue weighted by molar-refractivity contribution is 0.195. The van der Waals surface area contributed by atoms with Gasteiger partial charge in [0.2, 0.25) is 0 Å². The van der Waals surface area contributed by atoms with Crippen LogP contribution in [0.15, 0.2) is 41.3 Å². The van der Waals surface area contributed by atoms with Gasteiger partial charge in [-0.15, -0.1) is 0 Å². The van der Waals surface area contributed by atoms with Gasteiger partial charge in [0.05, 0.1) is 6.20 Å². The summed E-state index contributed by atoms with van der Waals surface area (Å²) in [5.41, 5.74) is 1.74. The lowest BCUT2D eigenvalue weighted by Gasteiger charge is -2.44. The minimum atomic E-state index is -0.486. The number of rotatable bonds is 5. The largest absolute Gasteiger partial charge is 0.361 e. The zero-order chi connectivity index (χ0) is 19.0. The number of aryl methyl sites for hydroxylation is 1. The maximum absolute atomic E-state index is 14.9. The molecule has 6 nitrogen and oxygen atoms in total. The van der Waals surface area contributed by atoms with Crippen molar-refractivity contribution in [1.82, 2.24) is 20.0 Å². The molecular formula is C19H19F2N5O. The molecule has 0 aliphatic carbocycles. The molecule has 0 atom stereocenters. The molecule has 0 bridgehead atoms. The molecule has 1 fully saturated rings. The van der Waals surface area contributed by atoms with Gasteiger partial charge in [0.15, 0.2) is 11.6 Å². The number of benzene rings is 1. The first-order valence-corrected chi connectivity index (χ1v) is 8.64. The summed E-state index contributed by atoms with van der Waals surface area (Å²) in [6.45, 7) is 3.94. The molecule has 0 amide bonds. The standard InChI is InChI=1S/C19H19F2N5O/c1-12-14(7-24-27-12)8-25(2)16-9-26(10-16)19-17(21)18(22-11-23-19)13-3-5-15(20)6-4-13/h3-7,11,16H,8-10H2,1-2H3. The molecule has 0 radical (unpaired) electrons. The first-order valence-electron chi connectivity index (χ1n) is 8.64. The minimum absolute atomic E-state index is 0.178. The van der Waals surface area contributed by atoms with Gasteiger partial charge in [0.25, 0.3) is 0 Å². The molecule has 0 unspecified atom stereocenters. The molecule has 0 saturated carbocycles. The summed E-state index contributed by atoms with van der Waals surface area (Å²) in [7, 11) is 2.02. The highest BCUT2D eigenvalue weighted by Gasteiger charge is 2.33. The Labute approximate surface area is 155 Å². The summed E-state index contributed by atoms with van der Waals surface area (Å²) in [6.07, 6.45) is 3.07. The molecule has 3 heterocycles. The molecule has 0 spiro atoms. The Morgan fingerprint density at radius 3 is 2.59 bits per heavy atom. The van der Waals surface area contributed by atoms with E-state index in [1.54, 1.807) is 6.20 Å². The van der Waals surface area contributed by atoms with Crippen LogP contribution in [0.25, 0.3) is 11.3 Å². The van der Waals surface area contributed by atoms with Crippen molar-refractivity contribution in [2.75, 3.05) is 25.0 Å². The van der Waals surface area contributed by atoms with Crippen molar-refractivity contribution in [3.8, 4) is 11.3 Å². The highest BCUT2D eigenvalue weighted by Crippen LogP contribution is 2.30. The monoisotopic (exact) mass is 371 g/mol. The molecule has 0 N–H and O–H groups in total. The van der Waals surface area contributed by atoms with Crippen molar-refractivity contribution < 1.29 is 13.3 Å². The molecule has 1 saturated heterocycles. The van der Waals surface area contributed by atoms with Gasteiger partial charge in [-0.05, 0) is 38.2 Å². The van der Waals surface area contributed by atoms with Gasteiger partial charge in [0.1, 0.15) is 23.6 Å². The van der Waals surface area contributed by atoms with Gasteiger partial charge >= 0.3 is 0 Å². The van der Waals surface area contributed by atoms with E-state index in [-0.39, 0.29) is 23.4 Å². The van der Waals surface area contributed by atoms with E-state index in [2.05, 4.69) is 20.0 Å². The Hall–Kier alpha value is -2.87. The van der Waals surface area contributed by atoms with E-state index in [0.29, 0.717) is 18.7 Å². The molecule has 1 aliphatic heterocycles. The summed E-state index contributed by atoms with van der Waals surface area (Å²) in [4.78, 5) is 12.2. The maximum atomic E-state index is 14.9. The van der Waals surface area contributed by atoms with E-state index in [0.717, 1.165) is 17.9 Å². The van der Waals surface area contributed by atoms with Crippen molar-refractivity contribution >= 4 is 5.82 Å². The second-order valence-corrected chi connectivity index (χ2v) is 6.75. The van der Waals surface area contributed by atoms with Crippen molar-refractivity contribution in [1.29, 1.82) is 0 Å². The van der Waals surface area contributed by atoms with Crippen molar-refractivity contribution in [2.45, 2.75) is 19.5 Å². The number of nitrogens with zero attached hydrogens (tertiary/aromatic N) is 5. The molecule has 2 aromatic heterocycles. The molecule has 27 heavy (non-hydrogen) atoms. The number of hydrogen-bond acceptors (Lipinski definition) is 6. The van der Waals surface area contributed by atoms with E-state index in [9.17, 15) is 8.78 Å². The number of hydrogen-bond donors (Lipinski definition) is 0. The third-order valence-corrected chi connectivity index (χ3v) is 4.94. The van der Waals surface area contributed by atoms with Crippen LogP contribution in [0.4, 0.5) is 14.6 Å². The number of likely N-dealkylation sites (N-methyl/N-ethyl adjacent to an activating group) is 1. The number of anilines is 1. The van der Waals surface area contributed by atoms with E-state index in [1.165, 1.54) is 30.6 Å². The van der Waals surface area contributed by atoms with Crippen LogP contribution in [0.5, 0.6) is 0 Å². The lowest BCUT2D eigenvalue weighted by atomic mass is 10.1. The Morgan fingerprint density at radius 2 is 1.93 bits per heavy atom. The highest BCUT2D eigenvalue weighted by molar-refractivity contribution is 5.64. The summed E-state index contributed by atoms with van der Waals surface area (Å²) in [5, 5.41) is 3.79. The molecule has 3 aromatic rings. The average molecular weight is 371 g/mol. The van der Waals surface area contributed by atoms with E-state index in [4.69, 9.17) is 4.52 Å². The third-order valence-electron chi connectivity index (χ3n) is 4.94.